The Labute approximate surface area is 163 Å². The van der Waals surface area contributed by atoms with E-state index in [1.807, 2.05) is 53.4 Å². The number of hydrogen-bond acceptors (Lipinski definition) is 4. The van der Waals surface area contributed by atoms with Crippen LogP contribution in [0.4, 0.5) is 11.4 Å². The number of para-hydroxylation sites is 1. The van der Waals surface area contributed by atoms with Crippen LogP contribution in [0.1, 0.15) is 10.4 Å². The molecule has 0 atom stereocenters. The van der Waals surface area contributed by atoms with Gasteiger partial charge in [-0.1, -0.05) is 18.2 Å². The van der Waals surface area contributed by atoms with Crippen molar-refractivity contribution >= 4 is 17.3 Å². The maximum Gasteiger partial charge on any atom is 0.340 e. The van der Waals surface area contributed by atoms with Gasteiger partial charge >= 0.3 is 5.97 Å². The molecule has 1 saturated heterocycles. The van der Waals surface area contributed by atoms with E-state index in [1.54, 1.807) is 18.2 Å². The molecule has 0 radical (unpaired) electrons. The Balaban J connectivity index is 1.54. The summed E-state index contributed by atoms with van der Waals surface area (Å²) in [6.07, 6.45) is 3.88. The lowest BCUT2D eigenvalue weighted by Gasteiger charge is -2.41. The highest BCUT2D eigenvalue weighted by atomic mass is 16.5. The Kier molecular flexibility index (Phi) is 4.73. The molecule has 140 valence electrons. The van der Waals surface area contributed by atoms with Crippen LogP contribution in [0, 0.1) is 6.57 Å². The molecule has 6 nitrogen and oxygen atoms in total. The maximum absolute atomic E-state index is 12.3. The maximum atomic E-state index is 12.3. The van der Waals surface area contributed by atoms with Crippen LogP contribution in [-0.4, -0.2) is 36.8 Å². The number of rotatable bonds is 5. The Morgan fingerprint density at radius 1 is 1.07 bits per heavy atom. The van der Waals surface area contributed by atoms with Crippen LogP contribution in [-0.2, 0) is 4.74 Å². The Morgan fingerprint density at radius 2 is 1.79 bits per heavy atom. The summed E-state index contributed by atoms with van der Waals surface area (Å²) in [6, 6.07) is 16.6. The number of carbonyl (C=O) groups excluding carboxylic acids is 1. The van der Waals surface area contributed by atoms with Crippen LogP contribution >= 0.6 is 0 Å². The monoisotopic (exact) mass is 373 g/mol. The summed E-state index contributed by atoms with van der Waals surface area (Å²) in [6.45, 7) is 8.43. The van der Waals surface area contributed by atoms with Crippen molar-refractivity contribution in [3.8, 4) is 11.4 Å². The van der Waals surface area contributed by atoms with Gasteiger partial charge in [-0.2, -0.15) is 0 Å². The third-order valence-corrected chi connectivity index (χ3v) is 4.74. The molecule has 1 aliphatic heterocycles. The van der Waals surface area contributed by atoms with Crippen molar-refractivity contribution in [3.63, 3.8) is 0 Å². The van der Waals surface area contributed by atoms with Gasteiger partial charge < -0.3 is 18.9 Å². The summed E-state index contributed by atoms with van der Waals surface area (Å²) in [7, 11) is 1.39. The van der Waals surface area contributed by atoms with Gasteiger partial charge in [0, 0.05) is 12.4 Å². The van der Waals surface area contributed by atoms with Crippen LogP contribution in [0.3, 0.4) is 0 Å². The minimum atomic E-state index is -0.362. The summed E-state index contributed by atoms with van der Waals surface area (Å²) in [5.74, 6) is 0.393. The van der Waals surface area contributed by atoms with Gasteiger partial charge in [0.25, 0.3) is 0 Å². The lowest BCUT2D eigenvalue weighted by atomic mass is 10.1. The number of carbonyl (C=O) groups is 1. The highest BCUT2D eigenvalue weighted by Crippen LogP contribution is 2.33. The molecule has 0 saturated carbocycles. The van der Waals surface area contributed by atoms with E-state index in [0.717, 1.165) is 17.1 Å². The number of benzene rings is 2. The van der Waals surface area contributed by atoms with E-state index >= 15 is 0 Å². The molecule has 1 fully saturated rings. The van der Waals surface area contributed by atoms with Crippen LogP contribution in [0.15, 0.2) is 67.0 Å². The summed E-state index contributed by atoms with van der Waals surface area (Å²) in [4.78, 5) is 17.8. The smallest absolute Gasteiger partial charge is 0.340 e. The van der Waals surface area contributed by atoms with E-state index in [-0.39, 0.29) is 12.1 Å². The summed E-state index contributed by atoms with van der Waals surface area (Å²) >= 11 is 0. The first-order valence-electron chi connectivity index (χ1n) is 8.93. The van der Waals surface area contributed by atoms with Gasteiger partial charge in [-0.3, -0.25) is 0 Å². The van der Waals surface area contributed by atoms with Crippen molar-refractivity contribution in [2.24, 2.45) is 0 Å². The number of anilines is 1. The lowest BCUT2D eigenvalue weighted by Crippen LogP contribution is -2.54. The molecule has 1 aliphatic rings. The zero-order valence-corrected chi connectivity index (χ0v) is 15.4. The number of methoxy groups -OCH3 is 1. The fourth-order valence-corrected chi connectivity index (χ4v) is 3.32. The lowest BCUT2D eigenvalue weighted by molar-refractivity contribution is 0.0601. The number of hydrogen-bond donors (Lipinski definition) is 0. The van der Waals surface area contributed by atoms with E-state index in [2.05, 4.69) is 9.74 Å². The molecular formula is C22H19N3O3. The molecule has 1 aromatic heterocycles. The minimum Gasteiger partial charge on any atom is -0.487 e. The first-order valence-corrected chi connectivity index (χ1v) is 8.93. The molecule has 3 aromatic rings. The molecule has 0 aliphatic carbocycles. The second-order valence-corrected chi connectivity index (χ2v) is 6.51. The van der Waals surface area contributed by atoms with E-state index in [4.69, 9.17) is 16.0 Å². The molecular weight excluding hydrogens is 354 g/mol. The molecule has 2 heterocycles. The average molecular weight is 373 g/mol. The number of aromatic nitrogens is 1. The van der Waals surface area contributed by atoms with Crippen molar-refractivity contribution in [1.82, 2.24) is 4.57 Å². The Morgan fingerprint density at radius 3 is 2.43 bits per heavy atom. The third kappa shape index (κ3) is 3.30. The van der Waals surface area contributed by atoms with Crippen LogP contribution in [0.2, 0.25) is 0 Å². The second kappa shape index (κ2) is 7.49. The van der Waals surface area contributed by atoms with E-state index < -0.39 is 0 Å². The summed E-state index contributed by atoms with van der Waals surface area (Å²) in [5.41, 5.74) is 2.88. The normalized spacial score (nSPS) is 13.5. The van der Waals surface area contributed by atoms with Gasteiger partial charge in [-0.25, -0.2) is 9.64 Å². The highest BCUT2D eigenvalue weighted by Gasteiger charge is 2.31. The molecule has 2 aromatic carbocycles. The molecule has 0 bridgehead atoms. The van der Waals surface area contributed by atoms with Gasteiger partial charge in [0.1, 0.15) is 11.9 Å². The Bertz CT molecular complexity index is 1010. The topological polar surface area (TPSA) is 48.1 Å². The zero-order chi connectivity index (χ0) is 19.5. The molecule has 0 N–H and O–H groups in total. The van der Waals surface area contributed by atoms with Crippen molar-refractivity contribution in [2.45, 2.75) is 6.10 Å². The van der Waals surface area contributed by atoms with E-state index in [0.29, 0.717) is 24.3 Å². The standard InChI is InChI=1S/C22H19N3O3/c1-23-16-8-10-17(11-9-16)28-18-14-25(15-18)20-7-5-6-19(22(26)27-2)21(20)24-12-3-4-13-24/h3-13,18H,14-15H2,2H3. The number of esters is 1. The quantitative estimate of drug-likeness (QED) is 0.499. The minimum absolute atomic E-state index is 0.0538. The van der Waals surface area contributed by atoms with Crippen LogP contribution in [0.25, 0.3) is 10.5 Å². The van der Waals surface area contributed by atoms with Crippen molar-refractivity contribution in [2.75, 3.05) is 25.1 Å². The van der Waals surface area contributed by atoms with Crippen LogP contribution < -0.4 is 9.64 Å². The number of nitrogens with zero attached hydrogens (tertiary/aromatic N) is 3. The summed E-state index contributed by atoms with van der Waals surface area (Å²) < 4.78 is 12.9. The number of ether oxygens (including phenoxy) is 2. The van der Waals surface area contributed by atoms with Gasteiger partial charge in [-0.05, 0) is 36.4 Å². The van der Waals surface area contributed by atoms with Gasteiger partial charge in [-0.15, -0.1) is 0 Å². The first kappa shape index (κ1) is 17.7. The SMILES string of the molecule is [C-]#[N+]c1ccc(OC2CN(c3cccc(C(=O)OC)c3-n3cccc3)C2)cc1. The van der Waals surface area contributed by atoms with Crippen LogP contribution in [0.5, 0.6) is 5.75 Å². The molecule has 0 unspecified atom stereocenters. The predicted molar refractivity (Wildman–Crippen MR) is 106 cm³/mol. The van der Waals surface area contributed by atoms with Gasteiger partial charge in [0.2, 0.25) is 0 Å². The fraction of sp³-hybridized carbons (Fsp3) is 0.182. The van der Waals surface area contributed by atoms with Crippen molar-refractivity contribution in [3.05, 3.63) is 84.0 Å². The average Bonchev–Trinajstić information content (AvgIpc) is 3.24. The van der Waals surface area contributed by atoms with E-state index in [1.165, 1.54) is 7.11 Å². The Hall–Kier alpha value is -3.72. The van der Waals surface area contributed by atoms with Gasteiger partial charge in [0.05, 0.1) is 43.7 Å². The molecule has 4 rings (SSSR count). The fourth-order valence-electron chi connectivity index (χ4n) is 3.32. The second-order valence-electron chi connectivity index (χ2n) is 6.51. The summed E-state index contributed by atoms with van der Waals surface area (Å²) in [5, 5.41) is 0. The van der Waals surface area contributed by atoms with Crippen molar-refractivity contribution in [1.29, 1.82) is 0 Å². The first-order chi connectivity index (χ1) is 13.7. The molecule has 28 heavy (non-hydrogen) atoms. The molecule has 6 heteroatoms. The highest BCUT2D eigenvalue weighted by molar-refractivity contribution is 5.96. The van der Waals surface area contributed by atoms with Crippen molar-refractivity contribution < 1.29 is 14.3 Å². The molecule has 0 spiro atoms. The van der Waals surface area contributed by atoms with Gasteiger partial charge in [0.15, 0.2) is 5.69 Å². The molecule has 0 amide bonds. The predicted octanol–water partition coefficient (Wildman–Crippen LogP) is 4.08. The van der Waals surface area contributed by atoms with E-state index in [9.17, 15) is 4.79 Å². The largest absolute Gasteiger partial charge is 0.487 e. The zero-order valence-electron chi connectivity index (χ0n) is 15.4. The third-order valence-electron chi connectivity index (χ3n) is 4.74.